The number of rotatable bonds is 6. The van der Waals surface area contributed by atoms with Crippen molar-refractivity contribution in [1.82, 2.24) is 15.2 Å². The van der Waals surface area contributed by atoms with E-state index in [1.807, 2.05) is 53.4 Å². The third-order valence-corrected chi connectivity index (χ3v) is 5.48. The van der Waals surface area contributed by atoms with E-state index in [2.05, 4.69) is 34.6 Å². The summed E-state index contributed by atoms with van der Waals surface area (Å²) in [5.41, 5.74) is 4.35. The Morgan fingerprint density at radius 3 is 2.50 bits per heavy atom. The van der Waals surface area contributed by atoms with Crippen LogP contribution in [0.1, 0.15) is 41.3 Å². The lowest BCUT2D eigenvalue weighted by atomic mass is 9.88. The van der Waals surface area contributed by atoms with Crippen molar-refractivity contribution in [1.29, 1.82) is 0 Å². The SMILES string of the molecule is O=C(CCC(=O)N1CCc2ccccc2C1c1ccccc1)NCc1ccccn1. The average molecular weight is 399 g/mol. The van der Waals surface area contributed by atoms with Gasteiger partial charge in [-0.05, 0) is 35.2 Å². The normalized spacial score (nSPS) is 15.3. The molecule has 4 rings (SSSR count). The smallest absolute Gasteiger partial charge is 0.223 e. The fourth-order valence-corrected chi connectivity index (χ4v) is 3.97. The van der Waals surface area contributed by atoms with E-state index < -0.39 is 0 Å². The van der Waals surface area contributed by atoms with Crippen molar-refractivity contribution < 1.29 is 9.59 Å². The van der Waals surface area contributed by atoms with Crippen LogP contribution in [0.25, 0.3) is 0 Å². The number of amides is 2. The van der Waals surface area contributed by atoms with Crippen molar-refractivity contribution in [3.63, 3.8) is 0 Å². The van der Waals surface area contributed by atoms with Gasteiger partial charge in [0.25, 0.3) is 0 Å². The van der Waals surface area contributed by atoms with Crippen molar-refractivity contribution in [3.05, 3.63) is 101 Å². The maximum Gasteiger partial charge on any atom is 0.223 e. The molecule has 2 aromatic carbocycles. The monoisotopic (exact) mass is 399 g/mol. The summed E-state index contributed by atoms with van der Waals surface area (Å²) in [6.07, 6.45) is 2.89. The fourth-order valence-electron chi connectivity index (χ4n) is 3.97. The van der Waals surface area contributed by atoms with Crippen molar-refractivity contribution >= 4 is 11.8 Å². The molecule has 0 saturated heterocycles. The van der Waals surface area contributed by atoms with E-state index in [0.717, 1.165) is 17.7 Å². The van der Waals surface area contributed by atoms with Crippen LogP contribution >= 0.6 is 0 Å². The maximum atomic E-state index is 13.1. The van der Waals surface area contributed by atoms with Crippen LogP contribution in [0.5, 0.6) is 0 Å². The number of hydrogen-bond donors (Lipinski definition) is 1. The number of fused-ring (bicyclic) bond motifs is 1. The highest BCUT2D eigenvalue weighted by Gasteiger charge is 2.31. The maximum absolute atomic E-state index is 13.1. The van der Waals surface area contributed by atoms with Crippen molar-refractivity contribution in [2.24, 2.45) is 0 Å². The molecule has 3 aromatic rings. The molecule has 0 saturated carbocycles. The van der Waals surface area contributed by atoms with Gasteiger partial charge in [0, 0.05) is 25.6 Å². The molecule has 152 valence electrons. The predicted octanol–water partition coefficient (Wildman–Crippen LogP) is 3.65. The van der Waals surface area contributed by atoms with Gasteiger partial charge in [-0.2, -0.15) is 0 Å². The average Bonchev–Trinajstić information content (AvgIpc) is 2.81. The molecule has 0 aliphatic carbocycles. The Morgan fingerprint density at radius 1 is 0.933 bits per heavy atom. The molecule has 0 spiro atoms. The minimum absolute atomic E-state index is 0.00587. The van der Waals surface area contributed by atoms with Crippen LogP contribution in [0.3, 0.4) is 0 Å². The van der Waals surface area contributed by atoms with Crippen LogP contribution in [-0.4, -0.2) is 28.2 Å². The molecule has 1 aliphatic rings. The van der Waals surface area contributed by atoms with Gasteiger partial charge in [0.1, 0.15) is 0 Å². The minimum Gasteiger partial charge on any atom is -0.350 e. The fraction of sp³-hybridized carbons (Fsp3) is 0.240. The summed E-state index contributed by atoms with van der Waals surface area (Å²) >= 11 is 0. The second-order valence-electron chi connectivity index (χ2n) is 7.45. The number of nitrogens with zero attached hydrogens (tertiary/aromatic N) is 2. The topological polar surface area (TPSA) is 62.3 Å². The molecule has 1 aromatic heterocycles. The molecule has 30 heavy (non-hydrogen) atoms. The summed E-state index contributed by atoms with van der Waals surface area (Å²) in [4.78, 5) is 31.5. The van der Waals surface area contributed by atoms with Gasteiger partial charge in [-0.1, -0.05) is 60.7 Å². The molecule has 2 amide bonds. The highest BCUT2D eigenvalue weighted by atomic mass is 16.2. The van der Waals surface area contributed by atoms with E-state index in [1.54, 1.807) is 6.20 Å². The van der Waals surface area contributed by atoms with E-state index in [1.165, 1.54) is 11.1 Å². The number of aromatic nitrogens is 1. The van der Waals surface area contributed by atoms with Crippen LogP contribution in [0.15, 0.2) is 79.0 Å². The largest absolute Gasteiger partial charge is 0.350 e. The molecule has 1 atom stereocenters. The summed E-state index contributed by atoms with van der Waals surface area (Å²) in [5.74, 6) is -0.131. The highest BCUT2D eigenvalue weighted by molar-refractivity contribution is 5.84. The van der Waals surface area contributed by atoms with Crippen LogP contribution in [0, 0.1) is 0 Å². The first-order valence-electron chi connectivity index (χ1n) is 10.3. The van der Waals surface area contributed by atoms with Gasteiger partial charge in [0.15, 0.2) is 0 Å². The third kappa shape index (κ3) is 4.57. The minimum atomic E-state index is -0.136. The van der Waals surface area contributed by atoms with E-state index in [-0.39, 0.29) is 30.7 Å². The van der Waals surface area contributed by atoms with Crippen molar-refractivity contribution in [2.45, 2.75) is 31.8 Å². The van der Waals surface area contributed by atoms with Gasteiger partial charge in [-0.15, -0.1) is 0 Å². The van der Waals surface area contributed by atoms with Gasteiger partial charge in [0.05, 0.1) is 18.3 Å². The van der Waals surface area contributed by atoms with E-state index in [9.17, 15) is 9.59 Å². The number of carbonyl (C=O) groups is 2. The van der Waals surface area contributed by atoms with Gasteiger partial charge in [-0.25, -0.2) is 0 Å². The van der Waals surface area contributed by atoms with E-state index >= 15 is 0 Å². The molecule has 0 radical (unpaired) electrons. The lowest BCUT2D eigenvalue weighted by Gasteiger charge is -2.38. The molecule has 0 bridgehead atoms. The second kappa shape index (κ2) is 9.35. The molecule has 5 heteroatoms. The Balaban J connectivity index is 1.43. The van der Waals surface area contributed by atoms with Crippen molar-refractivity contribution in [3.8, 4) is 0 Å². The van der Waals surface area contributed by atoms with E-state index in [0.29, 0.717) is 13.1 Å². The molecule has 5 nitrogen and oxygen atoms in total. The zero-order valence-corrected chi connectivity index (χ0v) is 16.8. The molecule has 1 N–H and O–H groups in total. The first kappa shape index (κ1) is 19.8. The molecule has 2 heterocycles. The summed E-state index contributed by atoms with van der Waals surface area (Å²) in [7, 11) is 0. The van der Waals surface area contributed by atoms with Crippen LogP contribution < -0.4 is 5.32 Å². The van der Waals surface area contributed by atoms with Gasteiger partial charge in [0.2, 0.25) is 11.8 Å². The first-order valence-corrected chi connectivity index (χ1v) is 10.3. The lowest BCUT2D eigenvalue weighted by Crippen LogP contribution is -2.41. The standard InChI is InChI=1S/C25H25N3O2/c29-23(27-18-21-11-6-7-16-26-21)13-14-24(30)28-17-15-19-8-4-5-12-22(19)25(28)20-9-2-1-3-10-20/h1-12,16,25H,13-15,17-18H2,(H,27,29). The van der Waals surface area contributed by atoms with Crippen LogP contribution in [-0.2, 0) is 22.6 Å². The summed E-state index contributed by atoms with van der Waals surface area (Å²) in [5, 5.41) is 2.84. The molecule has 1 unspecified atom stereocenters. The lowest BCUT2D eigenvalue weighted by molar-refractivity contribution is -0.135. The number of benzene rings is 2. The third-order valence-electron chi connectivity index (χ3n) is 5.48. The molecule has 1 aliphatic heterocycles. The molecule has 0 fully saturated rings. The Kier molecular flexibility index (Phi) is 6.18. The molecular formula is C25H25N3O2. The van der Waals surface area contributed by atoms with Gasteiger partial charge in [-0.3, -0.25) is 14.6 Å². The number of carbonyl (C=O) groups excluding carboxylic acids is 2. The first-order chi connectivity index (χ1) is 14.7. The summed E-state index contributed by atoms with van der Waals surface area (Å²) < 4.78 is 0. The Bertz CT molecular complexity index is 1010. The van der Waals surface area contributed by atoms with Crippen LogP contribution in [0.4, 0.5) is 0 Å². The highest BCUT2D eigenvalue weighted by Crippen LogP contribution is 2.35. The zero-order chi connectivity index (χ0) is 20.8. The summed E-state index contributed by atoms with van der Waals surface area (Å²) in [6.45, 7) is 1.03. The van der Waals surface area contributed by atoms with Crippen LogP contribution in [0.2, 0.25) is 0 Å². The zero-order valence-electron chi connectivity index (χ0n) is 16.8. The Morgan fingerprint density at radius 2 is 1.70 bits per heavy atom. The quantitative estimate of drug-likeness (QED) is 0.688. The number of nitrogens with one attached hydrogen (secondary N) is 1. The Hall–Kier alpha value is -3.47. The molecular weight excluding hydrogens is 374 g/mol. The summed E-state index contributed by atoms with van der Waals surface area (Å²) in [6, 6.07) is 23.9. The van der Waals surface area contributed by atoms with Crippen molar-refractivity contribution in [2.75, 3.05) is 6.54 Å². The Labute approximate surface area is 176 Å². The van der Waals surface area contributed by atoms with Gasteiger partial charge < -0.3 is 10.2 Å². The number of pyridine rings is 1. The van der Waals surface area contributed by atoms with E-state index in [4.69, 9.17) is 0 Å². The second-order valence-corrected chi connectivity index (χ2v) is 7.45. The number of hydrogen-bond acceptors (Lipinski definition) is 3. The predicted molar refractivity (Wildman–Crippen MR) is 115 cm³/mol. The van der Waals surface area contributed by atoms with Gasteiger partial charge >= 0.3 is 0 Å².